The largest absolute Gasteiger partial charge is 0.414 e. The van der Waals surface area contributed by atoms with E-state index < -0.39 is 0 Å². The molecule has 0 aromatic carbocycles. The highest BCUT2D eigenvalue weighted by Gasteiger charge is 2.29. The van der Waals surface area contributed by atoms with Gasteiger partial charge in [-0.1, -0.05) is 0 Å². The molecule has 0 saturated carbocycles. The lowest BCUT2D eigenvalue weighted by atomic mass is 9.86. The zero-order valence-corrected chi connectivity index (χ0v) is 8.54. The first kappa shape index (κ1) is 9.99. The molecule has 0 spiro atoms. The van der Waals surface area contributed by atoms with E-state index >= 15 is 0 Å². The summed E-state index contributed by atoms with van der Waals surface area (Å²) in [4.78, 5) is 4.65. The molecule has 0 radical (unpaired) electrons. The predicted molar refractivity (Wildman–Crippen MR) is 52.5 cm³/mol. The Morgan fingerprint density at radius 1 is 1.17 bits per heavy atom. The molecule has 0 aromatic heterocycles. The third-order valence-corrected chi connectivity index (χ3v) is 2.23. The average Bonchev–Trinajstić information content (AvgIpc) is 1.97. The van der Waals surface area contributed by atoms with Crippen LogP contribution in [0.2, 0.25) is 0 Å². The van der Waals surface area contributed by atoms with Gasteiger partial charge < -0.3 is 9.62 Å². The number of hydrogen-bond acceptors (Lipinski definition) is 4. The van der Waals surface area contributed by atoms with Crippen LogP contribution < -0.4 is 5.34 Å². The summed E-state index contributed by atoms with van der Waals surface area (Å²) in [5, 5.41) is 5.37. The summed E-state index contributed by atoms with van der Waals surface area (Å²) in [6, 6.07) is 0. The van der Waals surface area contributed by atoms with Crippen molar-refractivity contribution in [3.63, 3.8) is 0 Å². The van der Waals surface area contributed by atoms with Crippen LogP contribution in [0.1, 0.15) is 6.42 Å². The number of nitrogens with one attached hydrogen (secondary N) is 1. The molecular formula is C7H19BN4. The summed E-state index contributed by atoms with van der Waals surface area (Å²) < 4.78 is 0. The lowest BCUT2D eigenvalue weighted by Gasteiger charge is -2.38. The molecular weight excluding hydrogens is 151 g/mol. The van der Waals surface area contributed by atoms with E-state index in [4.69, 9.17) is 0 Å². The minimum absolute atomic E-state index is 0.355. The number of rotatable bonds is 2. The predicted octanol–water partition coefficient (Wildman–Crippen LogP) is -0.695. The third kappa shape index (κ3) is 2.45. The van der Waals surface area contributed by atoms with Crippen molar-refractivity contribution in [3.8, 4) is 0 Å². The molecule has 1 rings (SSSR count). The maximum atomic E-state index is 3.37. The third-order valence-electron chi connectivity index (χ3n) is 2.23. The van der Waals surface area contributed by atoms with Gasteiger partial charge in [0.1, 0.15) is 0 Å². The van der Waals surface area contributed by atoms with Crippen molar-refractivity contribution in [2.75, 3.05) is 41.3 Å². The van der Waals surface area contributed by atoms with E-state index in [-0.39, 0.29) is 0 Å². The quantitative estimate of drug-likeness (QED) is 0.437. The van der Waals surface area contributed by atoms with Gasteiger partial charge in [-0.15, -0.1) is 0 Å². The van der Waals surface area contributed by atoms with Gasteiger partial charge in [0.25, 0.3) is 0 Å². The molecule has 1 heterocycles. The lowest BCUT2D eigenvalue weighted by Crippen LogP contribution is -2.65. The SMILES string of the molecule is CN(C)NB1N(C)CCCN1C. The second-order valence-corrected chi connectivity index (χ2v) is 3.71. The Kier molecular flexibility index (Phi) is 3.52. The monoisotopic (exact) mass is 170 g/mol. The molecule has 0 unspecified atom stereocenters. The molecule has 1 aliphatic heterocycles. The summed E-state index contributed by atoms with van der Waals surface area (Å²) in [7, 11) is 8.70. The average molecular weight is 170 g/mol. The number of hydrogen-bond donors (Lipinski definition) is 1. The Bertz CT molecular complexity index is 131. The molecule has 0 atom stereocenters. The van der Waals surface area contributed by atoms with E-state index in [0.717, 1.165) is 0 Å². The molecule has 1 N–H and O–H groups in total. The van der Waals surface area contributed by atoms with E-state index in [2.05, 4.69) is 29.1 Å². The zero-order valence-electron chi connectivity index (χ0n) is 8.54. The topological polar surface area (TPSA) is 21.8 Å². The Morgan fingerprint density at radius 2 is 1.67 bits per heavy atom. The first-order valence-corrected chi connectivity index (χ1v) is 4.45. The Hall–Kier alpha value is -0.0951. The molecule has 1 aliphatic rings. The van der Waals surface area contributed by atoms with E-state index in [9.17, 15) is 0 Å². The van der Waals surface area contributed by atoms with Gasteiger partial charge in [0, 0.05) is 14.1 Å². The maximum absolute atomic E-state index is 3.37. The van der Waals surface area contributed by atoms with Crippen LogP contribution in [0.3, 0.4) is 0 Å². The van der Waals surface area contributed by atoms with Crippen LogP contribution in [0.25, 0.3) is 0 Å². The van der Waals surface area contributed by atoms with Gasteiger partial charge in [0.15, 0.2) is 0 Å². The molecule has 1 saturated heterocycles. The maximum Gasteiger partial charge on any atom is 0.414 e. The molecule has 4 nitrogen and oxygen atoms in total. The Morgan fingerprint density at radius 3 is 2.08 bits per heavy atom. The molecule has 70 valence electrons. The molecule has 1 fully saturated rings. The molecule has 0 aromatic rings. The van der Waals surface area contributed by atoms with Crippen molar-refractivity contribution in [2.24, 2.45) is 0 Å². The fraction of sp³-hybridized carbons (Fsp3) is 1.00. The van der Waals surface area contributed by atoms with E-state index in [0.29, 0.717) is 7.12 Å². The van der Waals surface area contributed by atoms with Gasteiger partial charge in [-0.25, -0.2) is 0 Å². The van der Waals surface area contributed by atoms with Crippen LogP contribution in [0.15, 0.2) is 0 Å². The van der Waals surface area contributed by atoms with Crippen LogP contribution in [0.5, 0.6) is 0 Å². The molecule has 5 heteroatoms. The van der Waals surface area contributed by atoms with Gasteiger partial charge in [0.2, 0.25) is 0 Å². The fourth-order valence-electron chi connectivity index (χ4n) is 1.58. The van der Waals surface area contributed by atoms with Crippen molar-refractivity contribution >= 4 is 7.12 Å². The van der Waals surface area contributed by atoms with E-state index in [1.807, 2.05) is 19.1 Å². The standard InChI is InChI=1S/C7H19BN4/c1-10(2)9-8-11(3)6-5-7-12(8)4/h9H,5-7H2,1-4H3. The summed E-state index contributed by atoms with van der Waals surface area (Å²) >= 11 is 0. The van der Waals surface area contributed by atoms with Crippen LogP contribution in [-0.4, -0.2) is 63.0 Å². The first-order valence-electron chi connectivity index (χ1n) is 4.45. The zero-order chi connectivity index (χ0) is 9.14. The Balaban J connectivity index is 2.45. The molecule has 0 aliphatic carbocycles. The van der Waals surface area contributed by atoms with Gasteiger partial charge in [0.05, 0.1) is 0 Å². The number of nitrogens with zero attached hydrogens (tertiary/aromatic N) is 3. The lowest BCUT2D eigenvalue weighted by molar-refractivity contribution is 0.274. The highest BCUT2D eigenvalue weighted by Crippen LogP contribution is 2.03. The minimum Gasteiger partial charge on any atom is -0.316 e. The second-order valence-electron chi connectivity index (χ2n) is 3.71. The fourth-order valence-corrected chi connectivity index (χ4v) is 1.58. The van der Waals surface area contributed by atoms with Crippen molar-refractivity contribution in [1.82, 2.24) is 20.0 Å². The van der Waals surface area contributed by atoms with Crippen LogP contribution >= 0.6 is 0 Å². The van der Waals surface area contributed by atoms with Crippen LogP contribution in [-0.2, 0) is 0 Å². The second kappa shape index (κ2) is 4.23. The number of hydrazine groups is 1. The van der Waals surface area contributed by atoms with Crippen molar-refractivity contribution in [1.29, 1.82) is 0 Å². The van der Waals surface area contributed by atoms with Crippen molar-refractivity contribution in [2.45, 2.75) is 6.42 Å². The molecule has 0 bridgehead atoms. The molecule has 0 amide bonds. The van der Waals surface area contributed by atoms with Crippen LogP contribution in [0, 0.1) is 0 Å². The van der Waals surface area contributed by atoms with Crippen LogP contribution in [0.4, 0.5) is 0 Å². The van der Waals surface area contributed by atoms with E-state index in [1.54, 1.807) is 0 Å². The molecule has 12 heavy (non-hydrogen) atoms. The van der Waals surface area contributed by atoms with Gasteiger partial charge >= 0.3 is 7.12 Å². The first-order chi connectivity index (χ1) is 5.61. The summed E-state index contributed by atoms with van der Waals surface area (Å²) in [6.45, 7) is 2.35. The summed E-state index contributed by atoms with van der Waals surface area (Å²) in [5.74, 6) is 0. The normalized spacial score (nSPS) is 22.2. The Labute approximate surface area is 75.6 Å². The van der Waals surface area contributed by atoms with Gasteiger partial charge in [-0.05, 0) is 33.6 Å². The van der Waals surface area contributed by atoms with Crippen molar-refractivity contribution in [3.05, 3.63) is 0 Å². The highest BCUT2D eigenvalue weighted by atomic mass is 15.5. The van der Waals surface area contributed by atoms with E-state index in [1.165, 1.54) is 19.5 Å². The smallest absolute Gasteiger partial charge is 0.316 e. The van der Waals surface area contributed by atoms with Gasteiger partial charge in [-0.3, -0.25) is 10.3 Å². The summed E-state index contributed by atoms with van der Waals surface area (Å²) in [6.07, 6.45) is 1.26. The van der Waals surface area contributed by atoms with Gasteiger partial charge in [-0.2, -0.15) is 0 Å². The summed E-state index contributed by atoms with van der Waals surface area (Å²) in [5.41, 5.74) is 0. The highest BCUT2D eigenvalue weighted by molar-refractivity contribution is 6.49. The van der Waals surface area contributed by atoms with Crippen molar-refractivity contribution < 1.29 is 0 Å². The minimum atomic E-state index is 0.355.